The molecule has 44 heavy (non-hydrogen) atoms. The van der Waals surface area contributed by atoms with Gasteiger partial charge in [0.15, 0.2) is 12.1 Å². The van der Waals surface area contributed by atoms with E-state index in [9.17, 15) is 19.5 Å². The molecule has 8 heteroatoms. The Labute approximate surface area is 269 Å². The van der Waals surface area contributed by atoms with Crippen molar-refractivity contribution in [3.8, 4) is 0 Å². The topological polar surface area (TPSA) is 99.1 Å². The van der Waals surface area contributed by atoms with Gasteiger partial charge in [0, 0.05) is 19.3 Å². The van der Waals surface area contributed by atoms with E-state index < -0.39 is 18.1 Å². The summed E-state index contributed by atoms with van der Waals surface area (Å²) in [4.78, 5) is 36.5. The third kappa shape index (κ3) is 26.2. The van der Waals surface area contributed by atoms with Gasteiger partial charge in [0.1, 0.15) is 6.61 Å². The molecule has 0 rings (SSSR count). The van der Waals surface area contributed by atoms with Crippen molar-refractivity contribution in [1.82, 2.24) is 0 Å². The number of hydrogen-bond donors (Lipinski definition) is 1. The highest BCUT2D eigenvalue weighted by atomic mass is 16.6. The summed E-state index contributed by atoms with van der Waals surface area (Å²) in [6.07, 6.45) is 26.8. The Bertz CT molecular complexity index is 788. The van der Waals surface area contributed by atoms with Crippen LogP contribution in [0.4, 0.5) is 0 Å². The van der Waals surface area contributed by atoms with E-state index in [2.05, 4.69) is 32.1 Å². The van der Waals surface area contributed by atoms with Crippen molar-refractivity contribution >= 4 is 17.9 Å². The first-order chi connectivity index (χ1) is 21.1. The summed E-state index contributed by atoms with van der Waals surface area (Å²) >= 11 is 0. The molecule has 0 saturated heterocycles. The Balaban J connectivity index is 4.55. The van der Waals surface area contributed by atoms with Gasteiger partial charge in [0.2, 0.25) is 0 Å². The average Bonchev–Trinajstić information content (AvgIpc) is 2.96. The second-order valence-electron chi connectivity index (χ2n) is 12.8. The van der Waals surface area contributed by atoms with E-state index in [0.29, 0.717) is 19.3 Å². The van der Waals surface area contributed by atoms with Crippen LogP contribution in [0.15, 0.2) is 24.3 Å². The van der Waals surface area contributed by atoms with Gasteiger partial charge in [-0.15, -0.1) is 0 Å². The number of ether oxygens (including phenoxy) is 3. The molecular weight excluding hydrogens is 558 g/mol. The molecule has 0 spiro atoms. The number of hydrogen-bond acceptors (Lipinski definition) is 6. The third-order valence-electron chi connectivity index (χ3n) is 7.62. The first-order valence-electron chi connectivity index (χ1n) is 17.4. The summed E-state index contributed by atoms with van der Waals surface area (Å²) in [7, 11) is 5.49. The largest absolute Gasteiger partial charge is 0.477 e. The van der Waals surface area contributed by atoms with Crippen molar-refractivity contribution in [3.05, 3.63) is 24.3 Å². The molecule has 0 saturated carbocycles. The van der Waals surface area contributed by atoms with Gasteiger partial charge in [-0.2, -0.15) is 0 Å². The van der Waals surface area contributed by atoms with Crippen LogP contribution < -0.4 is 0 Å². The molecule has 2 atom stereocenters. The van der Waals surface area contributed by atoms with Gasteiger partial charge < -0.3 is 23.8 Å². The average molecular weight is 625 g/mol. The smallest absolute Gasteiger partial charge is 0.362 e. The zero-order valence-electron chi connectivity index (χ0n) is 28.9. The highest BCUT2D eigenvalue weighted by molar-refractivity contribution is 5.72. The van der Waals surface area contributed by atoms with Gasteiger partial charge in [-0.3, -0.25) is 9.59 Å². The predicted molar refractivity (Wildman–Crippen MR) is 178 cm³/mol. The predicted octanol–water partition coefficient (Wildman–Crippen LogP) is 8.18. The van der Waals surface area contributed by atoms with Crippen LogP contribution in [-0.4, -0.2) is 80.6 Å². The number of carboxylic acid groups (broad SMARTS) is 1. The van der Waals surface area contributed by atoms with Crippen molar-refractivity contribution in [3.63, 3.8) is 0 Å². The number of nitrogens with zero attached hydrogens (tertiary/aromatic N) is 1. The summed E-state index contributed by atoms with van der Waals surface area (Å²) in [5, 5.41) is 9.53. The summed E-state index contributed by atoms with van der Waals surface area (Å²) < 4.78 is 17.0. The molecule has 0 bridgehead atoms. The van der Waals surface area contributed by atoms with Gasteiger partial charge in [0.05, 0.1) is 34.4 Å². The first-order valence-corrected chi connectivity index (χ1v) is 17.4. The fourth-order valence-corrected chi connectivity index (χ4v) is 4.85. The lowest BCUT2D eigenvalue weighted by atomic mass is 10.1. The first kappa shape index (κ1) is 41.8. The fraction of sp³-hybridized carbons (Fsp3) is 0.806. The Morgan fingerprint density at radius 1 is 0.682 bits per heavy atom. The van der Waals surface area contributed by atoms with Gasteiger partial charge in [-0.1, -0.05) is 109 Å². The number of carbonyl (C=O) groups is 3. The van der Waals surface area contributed by atoms with Crippen LogP contribution in [0.1, 0.15) is 136 Å². The van der Waals surface area contributed by atoms with Crippen LogP contribution in [0.2, 0.25) is 0 Å². The maximum atomic E-state index is 12.5. The zero-order valence-corrected chi connectivity index (χ0v) is 28.9. The molecule has 0 aliphatic rings. The normalized spacial score (nSPS) is 13.4. The lowest BCUT2D eigenvalue weighted by Gasteiger charge is -2.31. The number of likely N-dealkylation sites (N-methyl/N-ethyl adjacent to an activating group) is 1. The van der Waals surface area contributed by atoms with Gasteiger partial charge >= 0.3 is 17.9 Å². The molecule has 0 amide bonds. The summed E-state index contributed by atoms with van der Waals surface area (Å²) in [6, 6.07) is -0.618. The van der Waals surface area contributed by atoms with Crippen LogP contribution in [0, 0.1) is 0 Å². The van der Waals surface area contributed by atoms with E-state index in [4.69, 9.17) is 14.2 Å². The molecule has 0 aromatic heterocycles. The second kappa shape index (κ2) is 28.3. The van der Waals surface area contributed by atoms with Gasteiger partial charge in [0.25, 0.3) is 0 Å². The van der Waals surface area contributed by atoms with E-state index in [1.807, 2.05) is 27.2 Å². The molecule has 0 fully saturated rings. The maximum Gasteiger partial charge on any atom is 0.362 e. The lowest BCUT2D eigenvalue weighted by molar-refractivity contribution is -0.887. The van der Waals surface area contributed by atoms with E-state index in [1.165, 1.54) is 64.2 Å². The van der Waals surface area contributed by atoms with E-state index in [-0.39, 0.29) is 42.7 Å². The molecule has 0 aromatic carbocycles. The van der Waals surface area contributed by atoms with Crippen molar-refractivity contribution in [2.24, 2.45) is 0 Å². The maximum absolute atomic E-state index is 12.5. The van der Waals surface area contributed by atoms with E-state index >= 15 is 0 Å². The lowest BCUT2D eigenvalue weighted by Crippen LogP contribution is -2.50. The Hall–Kier alpha value is -2.19. The number of carboxylic acids is 1. The van der Waals surface area contributed by atoms with Crippen molar-refractivity contribution in [2.75, 3.05) is 41.0 Å². The molecule has 2 unspecified atom stereocenters. The number of rotatable bonds is 30. The standard InChI is InChI=1S/C36H65NO7/c1-6-8-10-12-14-15-16-17-18-19-21-23-25-27-35(39)44-32(30-42-29-28-33(36(40)41)37(3,4)5)31-43-34(38)26-24-22-20-13-11-9-7-2/h17-18,21,23,32-33H,6-16,19-20,22,24-31H2,1-5H3/p+1/b18-17+,23-21+. The van der Waals surface area contributed by atoms with Crippen LogP contribution >= 0.6 is 0 Å². The number of esters is 2. The zero-order chi connectivity index (χ0) is 32.9. The van der Waals surface area contributed by atoms with Gasteiger partial charge in [-0.25, -0.2) is 4.79 Å². The fourth-order valence-electron chi connectivity index (χ4n) is 4.85. The van der Waals surface area contributed by atoms with E-state index in [1.54, 1.807) is 0 Å². The molecular formula is C36H66NO7+. The quantitative estimate of drug-likeness (QED) is 0.0372. The molecule has 0 aromatic rings. The SMILES string of the molecule is CCCCCCCC/C=C/C/C=C/CCC(=O)OC(COCCC(C(=O)O)[N+](C)(C)C)COC(=O)CCCCCCCCC. The molecule has 8 nitrogen and oxygen atoms in total. The van der Waals surface area contributed by atoms with Crippen molar-refractivity contribution in [1.29, 1.82) is 0 Å². The highest BCUT2D eigenvalue weighted by Gasteiger charge is 2.31. The molecule has 0 aliphatic carbocycles. The van der Waals surface area contributed by atoms with Crippen LogP contribution in [0.25, 0.3) is 0 Å². The van der Waals surface area contributed by atoms with Gasteiger partial charge in [-0.05, 0) is 32.1 Å². The molecule has 0 radical (unpaired) electrons. The van der Waals surface area contributed by atoms with Crippen molar-refractivity contribution in [2.45, 2.75) is 148 Å². The second-order valence-corrected chi connectivity index (χ2v) is 12.8. The van der Waals surface area contributed by atoms with Crippen molar-refractivity contribution < 1.29 is 38.2 Å². The van der Waals surface area contributed by atoms with Crippen LogP contribution in [-0.2, 0) is 28.6 Å². The van der Waals surface area contributed by atoms with Crippen LogP contribution in [0.5, 0.6) is 0 Å². The Morgan fingerprint density at radius 3 is 1.84 bits per heavy atom. The minimum Gasteiger partial charge on any atom is -0.477 e. The highest BCUT2D eigenvalue weighted by Crippen LogP contribution is 2.12. The summed E-state index contributed by atoms with van der Waals surface area (Å²) in [5.41, 5.74) is 0. The van der Waals surface area contributed by atoms with Crippen LogP contribution in [0.3, 0.4) is 0 Å². The third-order valence-corrected chi connectivity index (χ3v) is 7.62. The molecule has 256 valence electrons. The number of carbonyl (C=O) groups excluding carboxylic acids is 2. The minimum absolute atomic E-state index is 0.0408. The molecule has 0 heterocycles. The monoisotopic (exact) mass is 624 g/mol. The number of unbranched alkanes of at least 4 members (excludes halogenated alkanes) is 12. The number of allylic oxidation sites excluding steroid dienone is 4. The van der Waals surface area contributed by atoms with E-state index in [0.717, 1.165) is 32.1 Å². The Morgan fingerprint density at radius 2 is 1.25 bits per heavy atom. The molecule has 1 N–H and O–H groups in total. The molecule has 0 aliphatic heterocycles. The number of quaternary nitrogens is 1. The number of aliphatic carboxylic acids is 1. The Kier molecular flexibility index (Phi) is 26.9. The summed E-state index contributed by atoms with van der Waals surface area (Å²) in [5.74, 6) is -1.56. The summed E-state index contributed by atoms with van der Waals surface area (Å²) in [6.45, 7) is 4.59. The minimum atomic E-state index is -0.885.